The molecule has 0 atom stereocenters. The lowest BCUT2D eigenvalue weighted by Crippen LogP contribution is -2.01. The van der Waals surface area contributed by atoms with E-state index in [0.717, 1.165) is 31.7 Å². The predicted octanol–water partition coefficient (Wildman–Crippen LogP) is 5.04. The number of benzene rings is 2. The highest BCUT2D eigenvalue weighted by atomic mass is 127. The lowest BCUT2D eigenvalue weighted by atomic mass is 10.1. The quantitative estimate of drug-likeness (QED) is 0.372. The minimum atomic E-state index is 0.428. The van der Waals surface area contributed by atoms with Crippen molar-refractivity contribution < 1.29 is 14.2 Å². The molecule has 28 heavy (non-hydrogen) atoms. The second-order valence-electron chi connectivity index (χ2n) is 5.83. The Labute approximate surface area is 177 Å². The Hall–Kier alpha value is -2.73. The molecule has 1 N–H and O–H groups in total. The highest BCUT2D eigenvalue weighted by Gasteiger charge is 2.13. The largest absolute Gasteiger partial charge is 0.497 e. The van der Waals surface area contributed by atoms with Crippen LogP contribution in [0.2, 0.25) is 0 Å². The second-order valence-corrected chi connectivity index (χ2v) is 7.00. The maximum Gasteiger partial charge on any atom is 0.174 e. The van der Waals surface area contributed by atoms with Crippen LogP contribution >= 0.6 is 22.6 Å². The van der Waals surface area contributed by atoms with Crippen LogP contribution in [0.15, 0.2) is 30.3 Å². The molecule has 1 heterocycles. The number of fused-ring (bicyclic) bond motifs is 1. The van der Waals surface area contributed by atoms with Gasteiger partial charge in [0.1, 0.15) is 17.6 Å². The molecule has 0 aliphatic rings. The molecule has 0 saturated heterocycles. The van der Waals surface area contributed by atoms with Crippen molar-refractivity contribution in [2.45, 2.75) is 13.8 Å². The molecule has 0 radical (unpaired) electrons. The third kappa shape index (κ3) is 4.22. The number of rotatable bonds is 7. The zero-order chi connectivity index (χ0) is 20.1. The molecule has 0 aliphatic carbocycles. The van der Waals surface area contributed by atoms with E-state index in [1.54, 1.807) is 13.2 Å². The average molecular weight is 489 g/mol. The van der Waals surface area contributed by atoms with Crippen LogP contribution in [0.4, 0.5) is 0 Å². The van der Waals surface area contributed by atoms with Crippen LogP contribution in [0.5, 0.6) is 17.2 Å². The molecule has 0 fully saturated rings. The predicted molar refractivity (Wildman–Crippen MR) is 118 cm³/mol. The first-order valence-electron chi connectivity index (χ1n) is 8.84. The van der Waals surface area contributed by atoms with Gasteiger partial charge in [-0.15, -0.1) is 0 Å². The molecule has 0 unspecified atom stereocenters. The number of nitrogens with one attached hydrogen (secondary N) is 1. The minimum Gasteiger partial charge on any atom is -0.497 e. The summed E-state index contributed by atoms with van der Waals surface area (Å²) in [6.07, 6.45) is 1.79. The molecule has 6 nitrogen and oxygen atoms in total. The number of H-pyrrole nitrogens is 1. The van der Waals surface area contributed by atoms with Crippen molar-refractivity contribution in [1.29, 1.82) is 5.26 Å². The van der Waals surface area contributed by atoms with Crippen molar-refractivity contribution >= 4 is 45.3 Å². The summed E-state index contributed by atoms with van der Waals surface area (Å²) in [6, 6.07) is 11.6. The maximum atomic E-state index is 9.69. The molecular weight excluding hydrogens is 469 g/mol. The number of halogens is 1. The van der Waals surface area contributed by atoms with E-state index < -0.39 is 0 Å². The number of aromatic amines is 1. The topological polar surface area (TPSA) is 80.2 Å². The van der Waals surface area contributed by atoms with Crippen LogP contribution < -0.4 is 14.2 Å². The summed E-state index contributed by atoms with van der Waals surface area (Å²) in [5.41, 5.74) is 2.85. The Bertz CT molecular complexity index is 1070. The molecule has 0 aliphatic heterocycles. The fraction of sp³-hybridized carbons (Fsp3) is 0.238. The number of imidazole rings is 1. The first-order chi connectivity index (χ1) is 13.6. The molecule has 0 bridgehead atoms. The molecule has 0 amide bonds. The molecule has 2 aromatic carbocycles. The molecular formula is C21H20IN3O3. The standard InChI is InChI=1S/C21H20IN3O3/c1-4-27-19-10-13(9-16(22)20(19)28-5-2)8-14(12-23)21-24-17-7-6-15(26-3)11-18(17)25-21/h6-11H,4-5H2,1-3H3,(H,24,25). The van der Waals surface area contributed by atoms with E-state index in [0.29, 0.717) is 30.4 Å². The van der Waals surface area contributed by atoms with E-state index in [1.165, 1.54) is 0 Å². The highest BCUT2D eigenvalue weighted by Crippen LogP contribution is 2.35. The van der Waals surface area contributed by atoms with Gasteiger partial charge in [-0.3, -0.25) is 0 Å². The lowest BCUT2D eigenvalue weighted by molar-refractivity contribution is 0.286. The number of aromatic nitrogens is 2. The zero-order valence-electron chi connectivity index (χ0n) is 15.9. The number of ether oxygens (including phenoxy) is 3. The number of nitrogens with zero attached hydrogens (tertiary/aromatic N) is 2. The van der Waals surface area contributed by atoms with Crippen LogP contribution in [0.3, 0.4) is 0 Å². The van der Waals surface area contributed by atoms with Gasteiger partial charge in [-0.1, -0.05) is 0 Å². The third-order valence-corrected chi connectivity index (χ3v) is 4.80. The lowest BCUT2D eigenvalue weighted by Gasteiger charge is -2.13. The molecule has 3 rings (SSSR count). The molecule has 144 valence electrons. The molecule has 7 heteroatoms. The van der Waals surface area contributed by atoms with Gasteiger partial charge in [-0.25, -0.2) is 4.98 Å². The summed E-state index contributed by atoms with van der Waals surface area (Å²) >= 11 is 2.21. The number of hydrogen-bond acceptors (Lipinski definition) is 5. The number of nitriles is 1. The summed E-state index contributed by atoms with van der Waals surface area (Å²) in [7, 11) is 1.61. The van der Waals surface area contributed by atoms with E-state index in [-0.39, 0.29) is 0 Å². The van der Waals surface area contributed by atoms with Crippen molar-refractivity contribution in [3.8, 4) is 23.3 Å². The molecule has 3 aromatic rings. The van der Waals surface area contributed by atoms with Crippen LogP contribution in [0.1, 0.15) is 25.2 Å². The van der Waals surface area contributed by atoms with Gasteiger partial charge in [0.15, 0.2) is 11.5 Å². The van der Waals surface area contributed by atoms with Gasteiger partial charge in [0.25, 0.3) is 0 Å². The van der Waals surface area contributed by atoms with Crippen LogP contribution in [0, 0.1) is 14.9 Å². The van der Waals surface area contributed by atoms with Gasteiger partial charge in [0, 0.05) is 6.07 Å². The summed E-state index contributed by atoms with van der Waals surface area (Å²) < 4.78 is 17.6. The fourth-order valence-electron chi connectivity index (χ4n) is 2.78. The first-order valence-corrected chi connectivity index (χ1v) is 9.92. The zero-order valence-corrected chi connectivity index (χ0v) is 18.0. The van der Waals surface area contributed by atoms with Gasteiger partial charge in [0.2, 0.25) is 0 Å². The van der Waals surface area contributed by atoms with Gasteiger partial charge in [-0.05, 0) is 72.3 Å². The molecule has 0 spiro atoms. The number of allylic oxidation sites excluding steroid dienone is 1. The fourth-order valence-corrected chi connectivity index (χ4v) is 3.56. The highest BCUT2D eigenvalue weighted by molar-refractivity contribution is 14.1. The Morgan fingerprint density at radius 3 is 2.68 bits per heavy atom. The summed E-state index contributed by atoms with van der Waals surface area (Å²) in [6.45, 7) is 4.94. The van der Waals surface area contributed by atoms with Crippen molar-refractivity contribution in [3.63, 3.8) is 0 Å². The Balaban J connectivity index is 2.04. The van der Waals surface area contributed by atoms with Crippen molar-refractivity contribution in [1.82, 2.24) is 9.97 Å². The van der Waals surface area contributed by atoms with E-state index in [2.05, 4.69) is 38.6 Å². The Morgan fingerprint density at radius 1 is 1.21 bits per heavy atom. The molecule has 0 saturated carbocycles. The van der Waals surface area contributed by atoms with Crippen LogP contribution in [-0.2, 0) is 0 Å². The van der Waals surface area contributed by atoms with Crippen LogP contribution in [0.25, 0.3) is 22.7 Å². The van der Waals surface area contributed by atoms with Gasteiger partial charge in [0.05, 0.1) is 40.5 Å². The summed E-state index contributed by atoms with van der Waals surface area (Å²) in [5, 5.41) is 9.69. The SMILES string of the molecule is CCOc1cc(C=C(C#N)c2nc3ccc(OC)cc3[nH]2)cc(I)c1OCC. The minimum absolute atomic E-state index is 0.428. The van der Waals surface area contributed by atoms with E-state index in [4.69, 9.17) is 14.2 Å². The average Bonchev–Trinajstić information content (AvgIpc) is 3.11. The van der Waals surface area contributed by atoms with Crippen molar-refractivity contribution in [2.75, 3.05) is 20.3 Å². The second kappa shape index (κ2) is 8.97. The van der Waals surface area contributed by atoms with E-state index in [1.807, 2.05) is 44.2 Å². The van der Waals surface area contributed by atoms with Gasteiger partial charge >= 0.3 is 0 Å². The van der Waals surface area contributed by atoms with E-state index in [9.17, 15) is 5.26 Å². The maximum absolute atomic E-state index is 9.69. The first kappa shape index (κ1) is 20.0. The molecule has 1 aromatic heterocycles. The van der Waals surface area contributed by atoms with Gasteiger partial charge < -0.3 is 19.2 Å². The Morgan fingerprint density at radius 2 is 2.00 bits per heavy atom. The number of hydrogen-bond donors (Lipinski definition) is 1. The summed E-state index contributed by atoms with van der Waals surface area (Å²) in [4.78, 5) is 7.71. The Kier molecular flexibility index (Phi) is 6.41. The van der Waals surface area contributed by atoms with Crippen LogP contribution in [-0.4, -0.2) is 30.3 Å². The number of methoxy groups -OCH3 is 1. The van der Waals surface area contributed by atoms with Crippen molar-refractivity contribution in [3.05, 3.63) is 45.3 Å². The van der Waals surface area contributed by atoms with E-state index >= 15 is 0 Å². The monoisotopic (exact) mass is 489 g/mol. The normalized spacial score (nSPS) is 11.3. The third-order valence-electron chi connectivity index (χ3n) is 4.00. The smallest absolute Gasteiger partial charge is 0.174 e. The summed E-state index contributed by atoms with van der Waals surface area (Å²) in [5.74, 6) is 2.62. The van der Waals surface area contributed by atoms with Gasteiger partial charge in [-0.2, -0.15) is 5.26 Å². The van der Waals surface area contributed by atoms with Crippen molar-refractivity contribution in [2.24, 2.45) is 0 Å².